The number of benzene rings is 1. The maximum absolute atomic E-state index is 10.8. The number of anilines is 1. The lowest BCUT2D eigenvalue weighted by atomic mass is 10.1. The van der Waals surface area contributed by atoms with Crippen LogP contribution in [0.2, 0.25) is 0 Å². The molecule has 0 aliphatic heterocycles. The van der Waals surface area contributed by atoms with Crippen LogP contribution < -0.4 is 10.6 Å². The van der Waals surface area contributed by atoms with Crippen molar-refractivity contribution < 1.29 is 10.1 Å². The van der Waals surface area contributed by atoms with Gasteiger partial charge < -0.3 is 15.8 Å². The molecule has 0 radical (unpaired) electrons. The zero-order valence-electron chi connectivity index (χ0n) is 11.7. The molecule has 110 valence electrons. The van der Waals surface area contributed by atoms with E-state index in [2.05, 4.69) is 23.9 Å². The van der Waals surface area contributed by atoms with Crippen LogP contribution in [-0.2, 0) is 0 Å². The molecule has 7 heteroatoms. The topological polar surface area (TPSA) is 105 Å². The van der Waals surface area contributed by atoms with Gasteiger partial charge in [-0.1, -0.05) is 19.0 Å². The van der Waals surface area contributed by atoms with Gasteiger partial charge in [-0.15, -0.1) is 0 Å². The van der Waals surface area contributed by atoms with E-state index in [9.17, 15) is 10.1 Å². The number of rotatable bonds is 7. The minimum absolute atomic E-state index is 0.0803. The molecule has 0 atom stereocenters. The molecule has 3 N–H and O–H groups in total. The quantitative estimate of drug-likeness (QED) is 0.262. The highest BCUT2D eigenvalue weighted by Gasteiger charge is 2.17. The van der Waals surface area contributed by atoms with Gasteiger partial charge in [-0.2, -0.15) is 0 Å². The summed E-state index contributed by atoms with van der Waals surface area (Å²) >= 11 is 0. The monoisotopic (exact) mass is 280 g/mol. The lowest BCUT2D eigenvalue weighted by Gasteiger charge is -2.25. The van der Waals surface area contributed by atoms with E-state index in [1.807, 2.05) is 0 Å². The molecule has 0 saturated heterocycles. The van der Waals surface area contributed by atoms with Gasteiger partial charge in [0.15, 0.2) is 5.84 Å². The molecule has 0 heterocycles. The Morgan fingerprint density at radius 2 is 2.00 bits per heavy atom. The standard InChI is InChI=1S/C13H20N4O3/c1-3-7-16(8-4-2)12-6-5-10(17(19)20)9-11(12)13(14)15-18/h5-6,9,18H,3-4,7-8H2,1-2H3,(H2,14,15). The Morgan fingerprint density at radius 1 is 1.40 bits per heavy atom. The molecule has 20 heavy (non-hydrogen) atoms. The molecule has 0 aliphatic rings. The summed E-state index contributed by atoms with van der Waals surface area (Å²) in [6.45, 7) is 5.71. The van der Waals surface area contributed by atoms with E-state index in [0.717, 1.165) is 31.6 Å². The van der Waals surface area contributed by atoms with Crippen LogP contribution in [0, 0.1) is 10.1 Å². The fraction of sp³-hybridized carbons (Fsp3) is 0.462. The summed E-state index contributed by atoms with van der Waals surface area (Å²) in [4.78, 5) is 12.4. The van der Waals surface area contributed by atoms with Gasteiger partial charge in [0.05, 0.1) is 10.5 Å². The second-order valence-electron chi connectivity index (χ2n) is 4.43. The SMILES string of the molecule is CCCN(CCC)c1ccc([N+](=O)[O-])cc1C(N)=NO. The molecular weight excluding hydrogens is 260 g/mol. The summed E-state index contributed by atoms with van der Waals surface area (Å²) in [6.07, 6.45) is 1.87. The molecular formula is C13H20N4O3. The highest BCUT2D eigenvalue weighted by molar-refractivity contribution is 6.02. The summed E-state index contributed by atoms with van der Waals surface area (Å²) in [7, 11) is 0. The van der Waals surface area contributed by atoms with Crippen molar-refractivity contribution in [2.75, 3.05) is 18.0 Å². The number of hydrogen-bond acceptors (Lipinski definition) is 5. The van der Waals surface area contributed by atoms with Crippen LogP contribution in [0.25, 0.3) is 0 Å². The van der Waals surface area contributed by atoms with Gasteiger partial charge in [-0.3, -0.25) is 10.1 Å². The van der Waals surface area contributed by atoms with Gasteiger partial charge in [-0.25, -0.2) is 0 Å². The summed E-state index contributed by atoms with van der Waals surface area (Å²) < 4.78 is 0. The predicted molar refractivity (Wildman–Crippen MR) is 78.4 cm³/mol. The highest BCUT2D eigenvalue weighted by Crippen LogP contribution is 2.26. The van der Waals surface area contributed by atoms with E-state index >= 15 is 0 Å². The molecule has 0 spiro atoms. The zero-order chi connectivity index (χ0) is 15.1. The van der Waals surface area contributed by atoms with E-state index in [1.54, 1.807) is 6.07 Å². The minimum Gasteiger partial charge on any atom is -0.409 e. The van der Waals surface area contributed by atoms with E-state index < -0.39 is 4.92 Å². The van der Waals surface area contributed by atoms with Crippen molar-refractivity contribution in [1.29, 1.82) is 0 Å². The molecule has 0 aromatic heterocycles. The van der Waals surface area contributed by atoms with E-state index in [1.165, 1.54) is 12.1 Å². The third-order valence-corrected chi connectivity index (χ3v) is 2.90. The van der Waals surface area contributed by atoms with Crippen LogP contribution >= 0.6 is 0 Å². The highest BCUT2D eigenvalue weighted by atomic mass is 16.6. The lowest BCUT2D eigenvalue weighted by Crippen LogP contribution is -2.28. The number of nitrogens with zero attached hydrogens (tertiary/aromatic N) is 3. The van der Waals surface area contributed by atoms with Gasteiger partial charge in [-0.05, 0) is 18.9 Å². The summed E-state index contributed by atoms with van der Waals surface area (Å²) in [5.74, 6) is -0.124. The van der Waals surface area contributed by atoms with Gasteiger partial charge in [0.25, 0.3) is 5.69 Å². The van der Waals surface area contributed by atoms with Crippen molar-refractivity contribution in [2.24, 2.45) is 10.9 Å². The molecule has 1 rings (SSSR count). The van der Waals surface area contributed by atoms with Gasteiger partial charge in [0.1, 0.15) is 0 Å². The van der Waals surface area contributed by atoms with Gasteiger partial charge in [0.2, 0.25) is 0 Å². The van der Waals surface area contributed by atoms with Crippen LogP contribution in [0.1, 0.15) is 32.3 Å². The third kappa shape index (κ3) is 3.59. The van der Waals surface area contributed by atoms with Crippen molar-refractivity contribution in [3.63, 3.8) is 0 Å². The van der Waals surface area contributed by atoms with Crippen molar-refractivity contribution >= 4 is 17.2 Å². The minimum atomic E-state index is -0.498. The van der Waals surface area contributed by atoms with Crippen LogP contribution in [0.4, 0.5) is 11.4 Å². The fourth-order valence-electron chi connectivity index (χ4n) is 2.06. The van der Waals surface area contributed by atoms with Gasteiger partial charge in [0, 0.05) is 30.9 Å². The Morgan fingerprint density at radius 3 is 2.45 bits per heavy atom. The number of non-ortho nitro benzene ring substituents is 1. The van der Waals surface area contributed by atoms with Crippen LogP contribution in [-0.4, -0.2) is 29.1 Å². The average molecular weight is 280 g/mol. The third-order valence-electron chi connectivity index (χ3n) is 2.90. The smallest absolute Gasteiger partial charge is 0.270 e. The Labute approximate surface area is 117 Å². The fourth-order valence-corrected chi connectivity index (χ4v) is 2.06. The van der Waals surface area contributed by atoms with E-state index in [4.69, 9.17) is 10.9 Å². The molecule has 0 amide bonds. The largest absolute Gasteiger partial charge is 0.409 e. The Kier molecular flexibility index (Phi) is 5.76. The molecule has 7 nitrogen and oxygen atoms in total. The van der Waals surface area contributed by atoms with Crippen LogP contribution in [0.15, 0.2) is 23.4 Å². The second kappa shape index (κ2) is 7.32. The summed E-state index contributed by atoms with van der Waals surface area (Å²) in [5, 5.41) is 22.7. The maximum atomic E-state index is 10.8. The first-order valence-corrected chi connectivity index (χ1v) is 6.56. The first-order chi connectivity index (χ1) is 9.54. The van der Waals surface area contributed by atoms with E-state index in [0.29, 0.717) is 5.56 Å². The molecule has 0 saturated carbocycles. The average Bonchev–Trinajstić information content (AvgIpc) is 2.45. The number of nitro benzene ring substituents is 1. The first kappa shape index (κ1) is 15.7. The van der Waals surface area contributed by atoms with Gasteiger partial charge >= 0.3 is 0 Å². The Balaban J connectivity index is 3.32. The molecule has 1 aromatic rings. The normalized spacial score (nSPS) is 11.4. The maximum Gasteiger partial charge on any atom is 0.270 e. The number of nitrogens with two attached hydrogens (primary N) is 1. The van der Waals surface area contributed by atoms with Crippen molar-refractivity contribution in [3.05, 3.63) is 33.9 Å². The molecule has 0 bridgehead atoms. The number of nitro groups is 1. The van der Waals surface area contributed by atoms with E-state index in [-0.39, 0.29) is 11.5 Å². The first-order valence-electron chi connectivity index (χ1n) is 6.56. The van der Waals surface area contributed by atoms with Crippen LogP contribution in [0.3, 0.4) is 0 Å². The van der Waals surface area contributed by atoms with Crippen molar-refractivity contribution in [1.82, 2.24) is 0 Å². The molecule has 0 fully saturated rings. The molecule has 0 unspecified atom stereocenters. The van der Waals surface area contributed by atoms with Crippen molar-refractivity contribution in [2.45, 2.75) is 26.7 Å². The second-order valence-corrected chi connectivity index (χ2v) is 4.43. The molecule has 0 aliphatic carbocycles. The van der Waals surface area contributed by atoms with Crippen molar-refractivity contribution in [3.8, 4) is 0 Å². The van der Waals surface area contributed by atoms with Crippen LogP contribution in [0.5, 0.6) is 0 Å². The zero-order valence-corrected chi connectivity index (χ0v) is 11.7. The number of amidine groups is 1. The summed E-state index contributed by atoms with van der Waals surface area (Å²) in [5.41, 5.74) is 6.69. The molecule has 1 aromatic carbocycles. The lowest BCUT2D eigenvalue weighted by molar-refractivity contribution is -0.384. The number of oxime groups is 1. The Hall–Kier alpha value is -2.31. The number of hydrogen-bond donors (Lipinski definition) is 2. The summed E-state index contributed by atoms with van der Waals surface area (Å²) in [6, 6.07) is 4.42. The predicted octanol–water partition coefficient (Wildman–Crippen LogP) is 2.32. The Bertz CT molecular complexity index is 496.